The van der Waals surface area contributed by atoms with Crippen molar-refractivity contribution in [3.05, 3.63) is 101 Å². The highest BCUT2D eigenvalue weighted by Crippen LogP contribution is 2.23. The number of carboxylic acids is 1. The van der Waals surface area contributed by atoms with Crippen LogP contribution in [0.5, 0.6) is 0 Å². The minimum atomic E-state index is -0.965. The van der Waals surface area contributed by atoms with E-state index in [1.165, 1.54) is 0 Å². The molecule has 0 spiro atoms. The Bertz CT molecular complexity index is 1480. The van der Waals surface area contributed by atoms with E-state index in [1.807, 2.05) is 42.6 Å². The third-order valence-electron chi connectivity index (χ3n) is 5.59. The summed E-state index contributed by atoms with van der Waals surface area (Å²) in [6.07, 6.45) is 4.30. The van der Waals surface area contributed by atoms with Crippen LogP contribution in [-0.2, 0) is 13.0 Å². The number of hydrogen-bond acceptors (Lipinski definition) is 3. The highest BCUT2D eigenvalue weighted by molar-refractivity contribution is 5.89. The Morgan fingerprint density at radius 2 is 1.74 bits per heavy atom. The molecule has 2 aromatic heterocycles. The molecule has 0 aliphatic rings. The van der Waals surface area contributed by atoms with Crippen LogP contribution in [0, 0.1) is 0 Å². The normalized spacial score (nSPS) is 11.2. The molecule has 152 valence electrons. The summed E-state index contributed by atoms with van der Waals surface area (Å²) in [5.41, 5.74) is 4.71. The van der Waals surface area contributed by atoms with Crippen LogP contribution < -0.4 is 5.56 Å². The molecule has 31 heavy (non-hydrogen) atoms. The first-order chi connectivity index (χ1) is 15.1. The minimum Gasteiger partial charge on any atom is -0.478 e. The Balaban J connectivity index is 1.46. The SMILES string of the molecule is O=C(O)c1ccc(-c2ccc3ncn(CCc4c[nH]c5ccccc45)c(=O)c3c2)cc1. The summed E-state index contributed by atoms with van der Waals surface area (Å²) in [7, 11) is 0. The van der Waals surface area contributed by atoms with Crippen molar-refractivity contribution in [3.8, 4) is 11.1 Å². The van der Waals surface area contributed by atoms with Crippen LogP contribution in [0.3, 0.4) is 0 Å². The van der Waals surface area contributed by atoms with Crippen LogP contribution in [0.4, 0.5) is 0 Å². The maximum Gasteiger partial charge on any atom is 0.335 e. The van der Waals surface area contributed by atoms with Crippen molar-refractivity contribution in [3.63, 3.8) is 0 Å². The van der Waals surface area contributed by atoms with Gasteiger partial charge in [-0.05, 0) is 53.4 Å². The summed E-state index contributed by atoms with van der Waals surface area (Å²) in [6, 6.07) is 20.3. The molecule has 0 radical (unpaired) electrons. The molecule has 0 atom stereocenters. The highest BCUT2D eigenvalue weighted by atomic mass is 16.4. The first-order valence-corrected chi connectivity index (χ1v) is 9.98. The van der Waals surface area contributed by atoms with Crippen molar-refractivity contribution in [2.75, 3.05) is 0 Å². The zero-order valence-corrected chi connectivity index (χ0v) is 16.6. The second-order valence-electron chi connectivity index (χ2n) is 7.47. The maximum atomic E-state index is 13.1. The molecule has 0 bridgehead atoms. The zero-order valence-electron chi connectivity index (χ0n) is 16.6. The smallest absolute Gasteiger partial charge is 0.335 e. The topological polar surface area (TPSA) is 88.0 Å². The van der Waals surface area contributed by atoms with Gasteiger partial charge in [-0.3, -0.25) is 9.36 Å². The van der Waals surface area contributed by atoms with Gasteiger partial charge in [0.25, 0.3) is 5.56 Å². The number of H-pyrrole nitrogens is 1. The summed E-state index contributed by atoms with van der Waals surface area (Å²) < 4.78 is 1.64. The summed E-state index contributed by atoms with van der Waals surface area (Å²) >= 11 is 0. The van der Waals surface area contributed by atoms with Crippen molar-refractivity contribution in [1.29, 1.82) is 0 Å². The number of aromatic amines is 1. The molecule has 0 aliphatic heterocycles. The molecule has 6 heteroatoms. The van der Waals surface area contributed by atoms with E-state index in [2.05, 4.69) is 16.0 Å². The van der Waals surface area contributed by atoms with E-state index < -0.39 is 5.97 Å². The average Bonchev–Trinajstić information content (AvgIpc) is 3.22. The number of rotatable bonds is 5. The lowest BCUT2D eigenvalue weighted by atomic mass is 10.0. The number of nitrogens with one attached hydrogen (secondary N) is 1. The Labute approximate surface area is 177 Å². The van der Waals surface area contributed by atoms with Crippen molar-refractivity contribution >= 4 is 27.8 Å². The molecule has 5 rings (SSSR count). The second-order valence-corrected chi connectivity index (χ2v) is 7.47. The summed E-state index contributed by atoms with van der Waals surface area (Å²) in [5.74, 6) is -0.965. The number of nitrogens with zero attached hydrogens (tertiary/aromatic N) is 2. The van der Waals surface area contributed by atoms with E-state index in [-0.39, 0.29) is 11.1 Å². The fraction of sp³-hybridized carbons (Fsp3) is 0.0800. The van der Waals surface area contributed by atoms with E-state index in [0.29, 0.717) is 23.9 Å². The Kier molecular flexibility index (Phi) is 4.59. The molecule has 6 nitrogen and oxygen atoms in total. The van der Waals surface area contributed by atoms with Gasteiger partial charge in [-0.2, -0.15) is 0 Å². The number of carbonyl (C=O) groups is 1. The van der Waals surface area contributed by atoms with Crippen LogP contribution in [0.25, 0.3) is 32.9 Å². The Hall–Kier alpha value is -4.19. The molecule has 0 fully saturated rings. The number of aromatic nitrogens is 3. The van der Waals surface area contributed by atoms with Crippen molar-refractivity contribution in [1.82, 2.24) is 14.5 Å². The van der Waals surface area contributed by atoms with Crippen molar-refractivity contribution in [2.24, 2.45) is 0 Å². The fourth-order valence-electron chi connectivity index (χ4n) is 3.88. The minimum absolute atomic E-state index is 0.0890. The molecule has 0 saturated heterocycles. The quantitative estimate of drug-likeness (QED) is 0.448. The number of aryl methyl sites for hydroxylation is 2. The number of fused-ring (bicyclic) bond motifs is 2. The van der Waals surface area contributed by atoms with Gasteiger partial charge in [0.15, 0.2) is 0 Å². The van der Waals surface area contributed by atoms with Crippen molar-refractivity contribution in [2.45, 2.75) is 13.0 Å². The molecule has 0 aliphatic carbocycles. The lowest BCUT2D eigenvalue weighted by molar-refractivity contribution is 0.0697. The maximum absolute atomic E-state index is 13.1. The Morgan fingerprint density at radius 1 is 0.968 bits per heavy atom. The van der Waals surface area contributed by atoms with Gasteiger partial charge in [-0.15, -0.1) is 0 Å². The van der Waals surface area contributed by atoms with Gasteiger partial charge in [0.1, 0.15) is 0 Å². The van der Waals surface area contributed by atoms with Crippen LogP contribution in [0.1, 0.15) is 15.9 Å². The number of hydrogen-bond donors (Lipinski definition) is 2. The van der Waals surface area contributed by atoms with E-state index in [4.69, 9.17) is 5.11 Å². The van der Waals surface area contributed by atoms with Gasteiger partial charge in [0.05, 0.1) is 22.8 Å². The molecular formula is C25H19N3O3. The van der Waals surface area contributed by atoms with E-state index in [1.54, 1.807) is 35.2 Å². The molecule has 5 aromatic rings. The molecular weight excluding hydrogens is 390 g/mol. The second kappa shape index (κ2) is 7.57. The molecule has 3 aromatic carbocycles. The largest absolute Gasteiger partial charge is 0.478 e. The van der Waals surface area contributed by atoms with Crippen LogP contribution >= 0.6 is 0 Å². The number of aromatic carboxylic acids is 1. The van der Waals surface area contributed by atoms with Crippen LogP contribution in [-0.4, -0.2) is 25.6 Å². The lowest BCUT2D eigenvalue weighted by Gasteiger charge is -2.08. The Morgan fingerprint density at radius 3 is 2.55 bits per heavy atom. The molecule has 2 heterocycles. The third kappa shape index (κ3) is 3.48. The summed E-state index contributed by atoms with van der Waals surface area (Å²) in [4.78, 5) is 31.9. The lowest BCUT2D eigenvalue weighted by Crippen LogP contribution is -2.21. The van der Waals surface area contributed by atoms with Gasteiger partial charge >= 0.3 is 5.97 Å². The van der Waals surface area contributed by atoms with E-state index >= 15 is 0 Å². The van der Waals surface area contributed by atoms with Crippen molar-refractivity contribution < 1.29 is 9.90 Å². The summed E-state index contributed by atoms with van der Waals surface area (Å²) in [5, 5.41) is 10.8. The van der Waals surface area contributed by atoms with Gasteiger partial charge in [0, 0.05) is 23.6 Å². The fourth-order valence-corrected chi connectivity index (χ4v) is 3.88. The van der Waals surface area contributed by atoms with E-state index in [0.717, 1.165) is 27.6 Å². The average molecular weight is 409 g/mol. The molecule has 0 saturated carbocycles. The number of carboxylic acid groups (broad SMARTS) is 1. The van der Waals surface area contributed by atoms with Gasteiger partial charge < -0.3 is 10.1 Å². The third-order valence-corrected chi connectivity index (χ3v) is 5.59. The predicted octanol–water partition coefficient (Wildman–Crippen LogP) is 4.49. The first-order valence-electron chi connectivity index (χ1n) is 9.98. The van der Waals surface area contributed by atoms with Gasteiger partial charge in [-0.1, -0.05) is 36.4 Å². The standard InChI is InChI=1S/C25H19N3O3/c29-24-21-13-18(16-5-7-17(8-6-16)25(30)31)9-10-23(21)27-15-28(24)12-11-19-14-26-22-4-2-1-3-20(19)22/h1-10,13-15,26H,11-12H2,(H,30,31). The molecule has 2 N–H and O–H groups in total. The monoisotopic (exact) mass is 409 g/mol. The molecule has 0 amide bonds. The number of benzene rings is 3. The zero-order chi connectivity index (χ0) is 21.4. The predicted molar refractivity (Wildman–Crippen MR) is 120 cm³/mol. The van der Waals surface area contributed by atoms with Gasteiger partial charge in [-0.25, -0.2) is 9.78 Å². The molecule has 0 unspecified atom stereocenters. The van der Waals surface area contributed by atoms with Crippen LogP contribution in [0.2, 0.25) is 0 Å². The summed E-state index contributed by atoms with van der Waals surface area (Å²) in [6.45, 7) is 0.529. The number of para-hydroxylation sites is 1. The van der Waals surface area contributed by atoms with Gasteiger partial charge in [0.2, 0.25) is 0 Å². The first kappa shape index (κ1) is 18.8. The van der Waals surface area contributed by atoms with Crippen LogP contribution in [0.15, 0.2) is 84.0 Å². The highest BCUT2D eigenvalue weighted by Gasteiger charge is 2.09. The van der Waals surface area contributed by atoms with E-state index in [9.17, 15) is 9.59 Å².